The lowest BCUT2D eigenvalue weighted by atomic mass is 9.94. The van der Waals surface area contributed by atoms with E-state index in [1.54, 1.807) is 18.6 Å². The van der Waals surface area contributed by atoms with Gasteiger partial charge in [0, 0.05) is 18.9 Å². The molecule has 2 N–H and O–H groups in total. The zero-order valence-corrected chi connectivity index (χ0v) is 9.21. The van der Waals surface area contributed by atoms with Crippen LogP contribution in [-0.2, 0) is 5.41 Å². The highest BCUT2D eigenvalue weighted by Gasteiger charge is 2.26. The zero-order valence-electron chi connectivity index (χ0n) is 9.21. The fraction of sp³-hybridized carbons (Fsp3) is 0.400. The van der Waals surface area contributed by atoms with Crippen LogP contribution in [0.3, 0.4) is 0 Å². The Hall–Kier alpha value is -1.82. The molecule has 0 radical (unpaired) electrons. The van der Waals surface area contributed by atoms with Gasteiger partial charge in [-0.2, -0.15) is 4.98 Å². The number of nitrogens with zero attached hydrogens (tertiary/aromatic N) is 4. The first-order valence-electron chi connectivity index (χ1n) is 4.94. The molecule has 0 spiro atoms. The van der Waals surface area contributed by atoms with Crippen molar-refractivity contribution in [3.8, 4) is 11.5 Å². The molecule has 0 saturated carbocycles. The maximum absolute atomic E-state index is 5.63. The second-order valence-corrected chi connectivity index (χ2v) is 4.10. The van der Waals surface area contributed by atoms with Crippen molar-refractivity contribution in [3.05, 3.63) is 24.5 Å². The molecule has 6 nitrogen and oxygen atoms in total. The van der Waals surface area contributed by atoms with E-state index in [2.05, 4.69) is 20.1 Å². The largest absolute Gasteiger partial charge is 0.338 e. The van der Waals surface area contributed by atoms with Gasteiger partial charge >= 0.3 is 0 Å². The summed E-state index contributed by atoms with van der Waals surface area (Å²) in [7, 11) is 0. The summed E-state index contributed by atoms with van der Waals surface area (Å²) >= 11 is 0. The van der Waals surface area contributed by atoms with E-state index >= 15 is 0 Å². The predicted molar refractivity (Wildman–Crippen MR) is 57.4 cm³/mol. The molecule has 0 amide bonds. The fourth-order valence-corrected chi connectivity index (χ4v) is 1.10. The van der Waals surface area contributed by atoms with Crippen molar-refractivity contribution in [3.63, 3.8) is 0 Å². The summed E-state index contributed by atoms with van der Waals surface area (Å²) in [5, 5.41) is 3.86. The SMILES string of the molecule is CC(C)(CN)c1nc(-c2cnccn2)no1. The third-order valence-electron chi connectivity index (χ3n) is 2.31. The Morgan fingerprint density at radius 2 is 2.19 bits per heavy atom. The number of aromatic nitrogens is 4. The van der Waals surface area contributed by atoms with Gasteiger partial charge in [-0.3, -0.25) is 4.98 Å². The van der Waals surface area contributed by atoms with Gasteiger partial charge in [-0.05, 0) is 13.8 Å². The number of hydrogen-bond donors (Lipinski definition) is 1. The van der Waals surface area contributed by atoms with Crippen LogP contribution in [0.15, 0.2) is 23.1 Å². The fourth-order valence-electron chi connectivity index (χ4n) is 1.10. The van der Waals surface area contributed by atoms with Crippen molar-refractivity contribution >= 4 is 0 Å². The number of nitrogens with two attached hydrogens (primary N) is 1. The molecule has 0 bridgehead atoms. The van der Waals surface area contributed by atoms with Crippen molar-refractivity contribution in [1.29, 1.82) is 0 Å². The first kappa shape index (κ1) is 10.7. The number of rotatable bonds is 3. The Morgan fingerprint density at radius 1 is 1.38 bits per heavy atom. The molecule has 16 heavy (non-hydrogen) atoms. The zero-order chi connectivity index (χ0) is 11.6. The third-order valence-corrected chi connectivity index (χ3v) is 2.31. The summed E-state index contributed by atoms with van der Waals surface area (Å²) in [6, 6.07) is 0. The van der Waals surface area contributed by atoms with Crippen molar-refractivity contribution in [2.24, 2.45) is 5.73 Å². The van der Waals surface area contributed by atoms with Crippen LogP contribution < -0.4 is 5.73 Å². The van der Waals surface area contributed by atoms with Crippen LogP contribution in [0.25, 0.3) is 11.5 Å². The summed E-state index contributed by atoms with van der Waals surface area (Å²) < 4.78 is 5.17. The Labute approximate surface area is 92.9 Å². The van der Waals surface area contributed by atoms with Crippen LogP contribution in [-0.4, -0.2) is 26.7 Å². The molecule has 0 atom stereocenters. The van der Waals surface area contributed by atoms with Crippen LogP contribution >= 0.6 is 0 Å². The minimum atomic E-state index is -0.326. The van der Waals surface area contributed by atoms with Crippen LogP contribution in [0.2, 0.25) is 0 Å². The standard InChI is InChI=1S/C10H13N5O/c1-10(2,6-11)9-14-8(15-16-9)7-5-12-3-4-13-7/h3-5H,6,11H2,1-2H3. The Balaban J connectivity index is 2.34. The average molecular weight is 219 g/mol. The van der Waals surface area contributed by atoms with E-state index in [0.29, 0.717) is 24.0 Å². The van der Waals surface area contributed by atoms with Gasteiger partial charge < -0.3 is 10.3 Å². The molecule has 2 aromatic heterocycles. The third kappa shape index (κ3) is 1.92. The summed E-state index contributed by atoms with van der Waals surface area (Å²) in [4.78, 5) is 12.3. The minimum Gasteiger partial charge on any atom is -0.338 e. The van der Waals surface area contributed by atoms with Gasteiger partial charge in [-0.1, -0.05) is 5.16 Å². The maximum atomic E-state index is 5.63. The molecule has 84 valence electrons. The second kappa shape index (κ2) is 3.97. The molecular formula is C10H13N5O. The topological polar surface area (TPSA) is 90.7 Å². The van der Waals surface area contributed by atoms with E-state index in [4.69, 9.17) is 10.3 Å². The highest BCUT2D eigenvalue weighted by atomic mass is 16.5. The normalized spacial score (nSPS) is 11.7. The van der Waals surface area contributed by atoms with Gasteiger partial charge in [0.05, 0.1) is 11.6 Å². The highest BCUT2D eigenvalue weighted by molar-refractivity contribution is 5.45. The monoisotopic (exact) mass is 219 g/mol. The second-order valence-electron chi connectivity index (χ2n) is 4.10. The molecule has 0 aromatic carbocycles. The van der Waals surface area contributed by atoms with Crippen LogP contribution in [0.1, 0.15) is 19.7 Å². The lowest BCUT2D eigenvalue weighted by molar-refractivity contribution is 0.311. The van der Waals surface area contributed by atoms with Crippen LogP contribution in [0, 0.1) is 0 Å². The number of hydrogen-bond acceptors (Lipinski definition) is 6. The highest BCUT2D eigenvalue weighted by Crippen LogP contribution is 2.22. The summed E-state index contributed by atoms with van der Waals surface area (Å²) in [6.45, 7) is 4.33. The lowest BCUT2D eigenvalue weighted by Gasteiger charge is -2.15. The van der Waals surface area contributed by atoms with Gasteiger partial charge in [0.1, 0.15) is 5.69 Å². The summed E-state index contributed by atoms with van der Waals surface area (Å²) in [5.41, 5.74) is 5.89. The van der Waals surface area contributed by atoms with E-state index in [-0.39, 0.29) is 5.41 Å². The van der Waals surface area contributed by atoms with Crippen molar-refractivity contribution in [2.45, 2.75) is 19.3 Å². The first-order valence-corrected chi connectivity index (χ1v) is 4.94. The quantitative estimate of drug-likeness (QED) is 0.819. The molecule has 0 aliphatic heterocycles. The van der Waals surface area contributed by atoms with Crippen LogP contribution in [0.5, 0.6) is 0 Å². The maximum Gasteiger partial charge on any atom is 0.233 e. The molecule has 2 aromatic rings. The predicted octanol–water partition coefficient (Wildman–Crippen LogP) is 0.763. The van der Waals surface area contributed by atoms with E-state index in [9.17, 15) is 0 Å². The molecule has 0 aliphatic rings. The van der Waals surface area contributed by atoms with Crippen molar-refractivity contribution in [1.82, 2.24) is 20.1 Å². The van der Waals surface area contributed by atoms with Gasteiger partial charge in [0.15, 0.2) is 0 Å². The van der Waals surface area contributed by atoms with E-state index in [1.807, 2.05) is 13.8 Å². The Morgan fingerprint density at radius 3 is 2.81 bits per heavy atom. The van der Waals surface area contributed by atoms with Gasteiger partial charge in [-0.15, -0.1) is 0 Å². The van der Waals surface area contributed by atoms with Crippen molar-refractivity contribution < 1.29 is 4.52 Å². The van der Waals surface area contributed by atoms with E-state index in [0.717, 1.165) is 0 Å². The molecular weight excluding hydrogens is 206 g/mol. The molecule has 6 heteroatoms. The lowest BCUT2D eigenvalue weighted by Crippen LogP contribution is -2.28. The molecule has 0 saturated heterocycles. The van der Waals surface area contributed by atoms with E-state index in [1.165, 1.54) is 0 Å². The molecule has 0 unspecified atom stereocenters. The van der Waals surface area contributed by atoms with Gasteiger partial charge in [-0.25, -0.2) is 4.98 Å². The summed E-state index contributed by atoms with van der Waals surface area (Å²) in [5.74, 6) is 0.945. The van der Waals surface area contributed by atoms with Crippen molar-refractivity contribution in [2.75, 3.05) is 6.54 Å². The molecule has 0 fully saturated rings. The summed E-state index contributed by atoms with van der Waals surface area (Å²) in [6.07, 6.45) is 4.76. The van der Waals surface area contributed by atoms with Gasteiger partial charge in [0.2, 0.25) is 11.7 Å². The smallest absolute Gasteiger partial charge is 0.233 e. The van der Waals surface area contributed by atoms with Crippen LogP contribution in [0.4, 0.5) is 0 Å². The van der Waals surface area contributed by atoms with Gasteiger partial charge in [0.25, 0.3) is 0 Å². The Kier molecular flexibility index (Phi) is 2.66. The minimum absolute atomic E-state index is 0.326. The van der Waals surface area contributed by atoms with E-state index < -0.39 is 0 Å². The Bertz CT molecular complexity index is 465. The average Bonchev–Trinajstić information content (AvgIpc) is 2.80. The molecule has 2 heterocycles. The first-order chi connectivity index (χ1) is 7.63. The molecule has 2 rings (SSSR count). The molecule has 0 aliphatic carbocycles.